The SMILES string of the molecule is O=C(c1cc2cc(F)ccc2o1)C1CCCN1. The van der Waals surface area contributed by atoms with Crippen molar-refractivity contribution in [3.63, 3.8) is 0 Å². The van der Waals surface area contributed by atoms with Crippen LogP contribution in [-0.4, -0.2) is 18.4 Å². The van der Waals surface area contributed by atoms with Crippen LogP contribution in [0.5, 0.6) is 0 Å². The molecule has 1 N–H and O–H groups in total. The molecule has 3 rings (SSSR count). The number of carbonyl (C=O) groups excluding carboxylic acids is 1. The third-order valence-electron chi connectivity index (χ3n) is 3.10. The van der Waals surface area contributed by atoms with E-state index in [-0.39, 0.29) is 17.6 Å². The highest BCUT2D eigenvalue weighted by atomic mass is 19.1. The lowest BCUT2D eigenvalue weighted by atomic mass is 10.1. The summed E-state index contributed by atoms with van der Waals surface area (Å²) in [4.78, 5) is 12.1. The predicted molar refractivity (Wildman–Crippen MR) is 61.5 cm³/mol. The molecular weight excluding hydrogens is 221 g/mol. The van der Waals surface area contributed by atoms with Crippen LogP contribution in [0.1, 0.15) is 23.4 Å². The lowest BCUT2D eigenvalue weighted by Crippen LogP contribution is -2.30. The van der Waals surface area contributed by atoms with Gasteiger partial charge in [0.2, 0.25) is 5.78 Å². The molecule has 1 aliphatic rings. The van der Waals surface area contributed by atoms with Gasteiger partial charge in [0.05, 0.1) is 6.04 Å². The number of fused-ring (bicyclic) bond motifs is 1. The van der Waals surface area contributed by atoms with Gasteiger partial charge in [-0.3, -0.25) is 4.79 Å². The van der Waals surface area contributed by atoms with Gasteiger partial charge >= 0.3 is 0 Å². The van der Waals surface area contributed by atoms with Crippen LogP contribution in [0, 0.1) is 5.82 Å². The summed E-state index contributed by atoms with van der Waals surface area (Å²) in [6.07, 6.45) is 1.84. The highest BCUT2D eigenvalue weighted by Gasteiger charge is 2.25. The minimum absolute atomic E-state index is 0.0425. The van der Waals surface area contributed by atoms with Gasteiger partial charge in [-0.25, -0.2) is 4.39 Å². The summed E-state index contributed by atoms with van der Waals surface area (Å²) < 4.78 is 18.4. The van der Waals surface area contributed by atoms with Crippen LogP contribution in [0.2, 0.25) is 0 Å². The fourth-order valence-corrected chi connectivity index (χ4v) is 2.22. The van der Waals surface area contributed by atoms with Gasteiger partial charge in [0.25, 0.3) is 0 Å². The molecule has 0 amide bonds. The van der Waals surface area contributed by atoms with E-state index in [0.29, 0.717) is 16.7 Å². The Morgan fingerprint density at radius 1 is 1.41 bits per heavy atom. The lowest BCUT2D eigenvalue weighted by molar-refractivity contribution is 0.0927. The Balaban J connectivity index is 1.97. The van der Waals surface area contributed by atoms with E-state index in [1.165, 1.54) is 12.1 Å². The highest BCUT2D eigenvalue weighted by Crippen LogP contribution is 2.22. The zero-order valence-electron chi connectivity index (χ0n) is 9.20. The fourth-order valence-electron chi connectivity index (χ4n) is 2.22. The second-order valence-corrected chi connectivity index (χ2v) is 4.31. The van der Waals surface area contributed by atoms with Crippen molar-refractivity contribution in [1.29, 1.82) is 0 Å². The van der Waals surface area contributed by atoms with Gasteiger partial charge in [-0.2, -0.15) is 0 Å². The molecule has 0 aliphatic carbocycles. The smallest absolute Gasteiger partial charge is 0.214 e. The molecule has 1 saturated heterocycles. The van der Waals surface area contributed by atoms with Crippen molar-refractivity contribution in [3.8, 4) is 0 Å². The largest absolute Gasteiger partial charge is 0.453 e. The number of ketones is 1. The molecule has 2 heterocycles. The minimum atomic E-state index is -0.323. The van der Waals surface area contributed by atoms with E-state index in [0.717, 1.165) is 19.4 Å². The monoisotopic (exact) mass is 233 g/mol. The molecule has 1 aromatic heterocycles. The van der Waals surface area contributed by atoms with Crippen LogP contribution in [0.4, 0.5) is 4.39 Å². The van der Waals surface area contributed by atoms with Crippen LogP contribution in [0.15, 0.2) is 28.7 Å². The number of rotatable bonds is 2. The average molecular weight is 233 g/mol. The summed E-state index contributed by atoms with van der Waals surface area (Å²) in [5.74, 6) is -0.0552. The number of carbonyl (C=O) groups is 1. The van der Waals surface area contributed by atoms with Crippen molar-refractivity contribution in [3.05, 3.63) is 35.8 Å². The molecule has 0 bridgehead atoms. The highest BCUT2D eigenvalue weighted by molar-refractivity contribution is 6.01. The summed E-state index contributed by atoms with van der Waals surface area (Å²) in [5, 5.41) is 3.76. The molecule has 0 radical (unpaired) electrons. The van der Waals surface area contributed by atoms with E-state index in [4.69, 9.17) is 4.42 Å². The first kappa shape index (κ1) is 10.5. The fraction of sp³-hybridized carbons (Fsp3) is 0.308. The topological polar surface area (TPSA) is 42.2 Å². The molecular formula is C13H12FNO2. The Labute approximate surface area is 97.6 Å². The summed E-state index contributed by atoms with van der Waals surface area (Å²) in [5.41, 5.74) is 0.549. The van der Waals surface area contributed by atoms with Crippen molar-refractivity contribution < 1.29 is 13.6 Å². The number of furan rings is 1. The van der Waals surface area contributed by atoms with Crippen LogP contribution >= 0.6 is 0 Å². The normalized spacial score (nSPS) is 19.9. The quantitative estimate of drug-likeness (QED) is 0.810. The second-order valence-electron chi connectivity index (χ2n) is 4.31. The summed E-state index contributed by atoms with van der Waals surface area (Å²) in [6, 6.07) is 5.70. The molecule has 1 fully saturated rings. The van der Waals surface area contributed by atoms with Crippen LogP contribution < -0.4 is 5.32 Å². The standard InChI is InChI=1S/C13H12FNO2/c14-9-3-4-11-8(6-9)7-12(17-11)13(16)10-2-1-5-15-10/h3-4,6-7,10,15H,1-2,5H2. The van der Waals surface area contributed by atoms with E-state index in [2.05, 4.69) is 5.32 Å². The number of hydrogen-bond donors (Lipinski definition) is 1. The van der Waals surface area contributed by atoms with Gasteiger partial charge in [0.15, 0.2) is 5.76 Å². The Bertz CT molecular complexity index is 570. The minimum Gasteiger partial charge on any atom is -0.453 e. The van der Waals surface area contributed by atoms with Crippen LogP contribution in [0.25, 0.3) is 11.0 Å². The molecule has 17 heavy (non-hydrogen) atoms. The zero-order valence-corrected chi connectivity index (χ0v) is 9.20. The second kappa shape index (κ2) is 3.96. The maximum Gasteiger partial charge on any atom is 0.214 e. The summed E-state index contributed by atoms with van der Waals surface area (Å²) >= 11 is 0. The van der Waals surface area contributed by atoms with E-state index in [1.54, 1.807) is 12.1 Å². The Hall–Kier alpha value is -1.68. The van der Waals surface area contributed by atoms with E-state index >= 15 is 0 Å². The average Bonchev–Trinajstić information content (AvgIpc) is 2.96. The molecule has 0 spiro atoms. The van der Waals surface area contributed by atoms with Gasteiger partial charge in [-0.1, -0.05) is 0 Å². The maximum absolute atomic E-state index is 13.0. The molecule has 88 valence electrons. The third kappa shape index (κ3) is 1.85. The Morgan fingerprint density at radius 3 is 3.06 bits per heavy atom. The lowest BCUT2D eigenvalue weighted by Gasteiger charge is -2.05. The van der Waals surface area contributed by atoms with Gasteiger partial charge in [0, 0.05) is 5.39 Å². The molecule has 1 atom stereocenters. The number of hydrogen-bond acceptors (Lipinski definition) is 3. The first-order valence-corrected chi connectivity index (χ1v) is 5.71. The number of nitrogens with one attached hydrogen (secondary N) is 1. The maximum atomic E-state index is 13.0. The van der Waals surface area contributed by atoms with E-state index in [1.807, 2.05) is 0 Å². The molecule has 1 unspecified atom stereocenters. The van der Waals surface area contributed by atoms with Crippen molar-refractivity contribution in [1.82, 2.24) is 5.32 Å². The first-order chi connectivity index (χ1) is 8.24. The van der Waals surface area contributed by atoms with Crippen molar-refractivity contribution in [2.45, 2.75) is 18.9 Å². The van der Waals surface area contributed by atoms with Crippen molar-refractivity contribution >= 4 is 16.8 Å². The molecule has 0 saturated carbocycles. The predicted octanol–water partition coefficient (Wildman–Crippen LogP) is 2.51. The number of halogens is 1. The molecule has 3 nitrogen and oxygen atoms in total. The first-order valence-electron chi connectivity index (χ1n) is 5.71. The molecule has 1 aliphatic heterocycles. The van der Waals surface area contributed by atoms with E-state index in [9.17, 15) is 9.18 Å². The zero-order chi connectivity index (χ0) is 11.8. The number of benzene rings is 1. The summed E-state index contributed by atoms with van der Waals surface area (Å²) in [6.45, 7) is 0.866. The Morgan fingerprint density at radius 2 is 2.29 bits per heavy atom. The van der Waals surface area contributed by atoms with Gasteiger partial charge in [0.1, 0.15) is 11.4 Å². The van der Waals surface area contributed by atoms with Gasteiger partial charge < -0.3 is 9.73 Å². The summed E-state index contributed by atoms with van der Waals surface area (Å²) in [7, 11) is 0. The third-order valence-corrected chi connectivity index (χ3v) is 3.10. The van der Waals surface area contributed by atoms with Crippen LogP contribution in [-0.2, 0) is 0 Å². The van der Waals surface area contributed by atoms with Crippen molar-refractivity contribution in [2.24, 2.45) is 0 Å². The van der Waals surface area contributed by atoms with Crippen LogP contribution in [0.3, 0.4) is 0 Å². The van der Waals surface area contributed by atoms with E-state index < -0.39 is 0 Å². The van der Waals surface area contributed by atoms with Gasteiger partial charge in [-0.05, 0) is 43.7 Å². The van der Waals surface area contributed by atoms with Gasteiger partial charge in [-0.15, -0.1) is 0 Å². The Kier molecular flexibility index (Phi) is 2.44. The van der Waals surface area contributed by atoms with Crippen molar-refractivity contribution in [2.75, 3.05) is 6.54 Å². The number of Topliss-reactive ketones (excluding diaryl/α,β-unsaturated/α-hetero) is 1. The molecule has 2 aromatic rings. The molecule has 1 aromatic carbocycles. The molecule has 4 heteroatoms.